The number of carbonyl (C=O) groups is 1. The first-order valence-corrected chi connectivity index (χ1v) is 7.23. The van der Waals surface area contributed by atoms with Crippen LogP contribution in [0.25, 0.3) is 11.1 Å². The Balaban J connectivity index is 1.84. The smallest absolute Gasteiger partial charge is 0.407 e. The first kappa shape index (κ1) is 14.0. The van der Waals surface area contributed by atoms with Crippen LogP contribution in [-0.2, 0) is 0 Å². The molecule has 0 radical (unpaired) electrons. The van der Waals surface area contributed by atoms with Crippen molar-refractivity contribution in [1.82, 2.24) is 9.88 Å². The summed E-state index contributed by atoms with van der Waals surface area (Å²) in [6.07, 6.45) is -0.139. The molecule has 3 rings (SSSR count). The maximum absolute atomic E-state index is 11.2. The van der Waals surface area contributed by atoms with Gasteiger partial charge in [0.1, 0.15) is 5.52 Å². The molecule has 1 fully saturated rings. The number of anilines is 1. The van der Waals surface area contributed by atoms with Gasteiger partial charge in [-0.05, 0) is 31.5 Å². The van der Waals surface area contributed by atoms with Crippen LogP contribution in [-0.4, -0.2) is 46.8 Å². The summed E-state index contributed by atoms with van der Waals surface area (Å²) in [5, 5.41) is 9.80. The summed E-state index contributed by atoms with van der Waals surface area (Å²) in [4.78, 5) is 19.1. The number of nitrogens with zero attached hydrogens (tertiary/aromatic N) is 3. The molecule has 1 amide bonds. The Morgan fingerprint density at radius 1 is 1.43 bits per heavy atom. The van der Waals surface area contributed by atoms with Gasteiger partial charge < -0.3 is 19.3 Å². The topological polar surface area (TPSA) is 69.8 Å². The third-order valence-corrected chi connectivity index (χ3v) is 4.05. The Kier molecular flexibility index (Phi) is 3.63. The van der Waals surface area contributed by atoms with E-state index in [0.29, 0.717) is 41.8 Å². The van der Waals surface area contributed by atoms with E-state index in [2.05, 4.69) is 4.98 Å². The molecular weight excluding hydrogens is 294 g/mol. The predicted molar refractivity (Wildman–Crippen MR) is 80.0 cm³/mol. The van der Waals surface area contributed by atoms with Crippen LogP contribution < -0.4 is 4.90 Å². The number of amides is 1. The third kappa shape index (κ3) is 2.76. The highest BCUT2D eigenvalue weighted by Crippen LogP contribution is 2.25. The Morgan fingerprint density at radius 3 is 3.00 bits per heavy atom. The van der Waals surface area contributed by atoms with Crippen molar-refractivity contribution in [2.45, 2.75) is 19.4 Å². The lowest BCUT2D eigenvalue weighted by atomic mass is 10.2. The second-order valence-electron chi connectivity index (χ2n) is 5.21. The van der Waals surface area contributed by atoms with Crippen LogP contribution in [0.5, 0.6) is 0 Å². The Labute approximate surface area is 126 Å². The van der Waals surface area contributed by atoms with Crippen molar-refractivity contribution in [3.05, 3.63) is 23.2 Å². The summed E-state index contributed by atoms with van der Waals surface area (Å²) in [5.74, 6) is 0. The molecule has 0 bridgehead atoms. The van der Waals surface area contributed by atoms with Gasteiger partial charge >= 0.3 is 6.09 Å². The lowest BCUT2D eigenvalue weighted by Crippen LogP contribution is -2.38. The molecule has 1 saturated heterocycles. The van der Waals surface area contributed by atoms with Crippen LogP contribution in [0, 0.1) is 0 Å². The summed E-state index contributed by atoms with van der Waals surface area (Å²) in [7, 11) is 0. The molecule has 112 valence electrons. The van der Waals surface area contributed by atoms with Crippen LogP contribution in [0.3, 0.4) is 0 Å². The van der Waals surface area contributed by atoms with Crippen molar-refractivity contribution in [3.8, 4) is 0 Å². The number of carboxylic acid groups (broad SMARTS) is 1. The zero-order chi connectivity index (χ0) is 15.0. The zero-order valence-electron chi connectivity index (χ0n) is 11.6. The minimum atomic E-state index is -0.881. The van der Waals surface area contributed by atoms with E-state index in [1.807, 2.05) is 11.8 Å². The summed E-state index contributed by atoms with van der Waals surface area (Å²) in [5.41, 5.74) is 1.40. The summed E-state index contributed by atoms with van der Waals surface area (Å²) >= 11 is 5.95. The number of oxazole rings is 1. The Morgan fingerprint density at radius 2 is 2.24 bits per heavy atom. The van der Waals surface area contributed by atoms with Crippen LogP contribution in [0.15, 0.2) is 22.6 Å². The molecule has 1 aromatic carbocycles. The van der Waals surface area contributed by atoms with E-state index >= 15 is 0 Å². The fourth-order valence-corrected chi connectivity index (χ4v) is 2.72. The third-order valence-electron chi connectivity index (χ3n) is 3.81. The van der Waals surface area contributed by atoms with E-state index in [-0.39, 0.29) is 6.04 Å². The van der Waals surface area contributed by atoms with Gasteiger partial charge in [0.15, 0.2) is 5.58 Å². The lowest BCUT2D eigenvalue weighted by Gasteiger charge is -2.22. The SMILES string of the molecule is CC1CCN(c2nc3cc(Cl)ccc3o2)CCN1C(=O)O. The lowest BCUT2D eigenvalue weighted by molar-refractivity contribution is 0.131. The minimum Gasteiger partial charge on any atom is -0.465 e. The molecular formula is C14H16ClN3O3. The molecule has 1 atom stereocenters. The number of hydrogen-bond acceptors (Lipinski definition) is 4. The van der Waals surface area contributed by atoms with Crippen molar-refractivity contribution in [3.63, 3.8) is 0 Å². The second-order valence-corrected chi connectivity index (χ2v) is 5.65. The average Bonchev–Trinajstić information content (AvgIpc) is 2.74. The van der Waals surface area contributed by atoms with E-state index in [0.717, 1.165) is 6.42 Å². The highest BCUT2D eigenvalue weighted by molar-refractivity contribution is 6.31. The molecule has 0 aliphatic carbocycles. The van der Waals surface area contributed by atoms with Crippen LogP contribution >= 0.6 is 11.6 Å². The van der Waals surface area contributed by atoms with E-state index in [1.54, 1.807) is 18.2 Å². The van der Waals surface area contributed by atoms with Crippen LogP contribution in [0.1, 0.15) is 13.3 Å². The van der Waals surface area contributed by atoms with E-state index < -0.39 is 6.09 Å². The molecule has 1 N–H and O–H groups in total. The summed E-state index contributed by atoms with van der Waals surface area (Å²) in [6, 6.07) is 5.82. The standard InChI is InChI=1S/C14H16ClN3O3/c1-9-4-5-17(6-7-18(9)14(19)20)13-16-11-8-10(15)2-3-12(11)21-13/h2-3,8-9H,4-7H2,1H3,(H,19,20). The quantitative estimate of drug-likeness (QED) is 0.876. The predicted octanol–water partition coefficient (Wildman–Crippen LogP) is 3.06. The number of aromatic nitrogens is 1. The van der Waals surface area contributed by atoms with Gasteiger partial charge in [0.05, 0.1) is 0 Å². The van der Waals surface area contributed by atoms with Crippen LogP contribution in [0.2, 0.25) is 5.02 Å². The van der Waals surface area contributed by atoms with E-state index in [4.69, 9.17) is 16.0 Å². The number of benzene rings is 1. The Hall–Kier alpha value is -1.95. The number of halogens is 1. The molecule has 21 heavy (non-hydrogen) atoms. The van der Waals surface area contributed by atoms with Gasteiger partial charge in [-0.3, -0.25) is 0 Å². The summed E-state index contributed by atoms with van der Waals surface area (Å²) in [6.45, 7) is 3.64. The first-order valence-electron chi connectivity index (χ1n) is 6.85. The molecule has 0 spiro atoms. The molecule has 2 heterocycles. The molecule has 1 aromatic heterocycles. The highest BCUT2D eigenvalue weighted by Gasteiger charge is 2.26. The molecule has 1 aliphatic heterocycles. The van der Waals surface area contributed by atoms with Gasteiger partial charge in [-0.1, -0.05) is 11.6 Å². The van der Waals surface area contributed by atoms with E-state index in [1.165, 1.54) is 4.90 Å². The van der Waals surface area contributed by atoms with Crippen molar-refractivity contribution in [1.29, 1.82) is 0 Å². The molecule has 1 aliphatic rings. The monoisotopic (exact) mass is 309 g/mol. The van der Waals surface area contributed by atoms with E-state index in [9.17, 15) is 9.90 Å². The summed E-state index contributed by atoms with van der Waals surface area (Å²) < 4.78 is 5.74. The molecule has 0 saturated carbocycles. The Bertz CT molecular complexity index is 673. The van der Waals surface area contributed by atoms with Crippen molar-refractivity contribution in [2.75, 3.05) is 24.5 Å². The number of hydrogen-bond donors (Lipinski definition) is 1. The van der Waals surface area contributed by atoms with Crippen molar-refractivity contribution >= 4 is 34.8 Å². The number of rotatable bonds is 1. The first-order chi connectivity index (χ1) is 10.0. The molecule has 1 unspecified atom stereocenters. The second kappa shape index (κ2) is 5.44. The largest absolute Gasteiger partial charge is 0.465 e. The van der Waals surface area contributed by atoms with Gasteiger partial charge in [0, 0.05) is 30.7 Å². The van der Waals surface area contributed by atoms with Gasteiger partial charge in [-0.25, -0.2) is 4.79 Å². The van der Waals surface area contributed by atoms with Gasteiger partial charge in [0.25, 0.3) is 6.01 Å². The normalized spacial score (nSPS) is 19.8. The fraction of sp³-hybridized carbons (Fsp3) is 0.429. The minimum absolute atomic E-state index is 0.00803. The number of fused-ring (bicyclic) bond motifs is 1. The van der Waals surface area contributed by atoms with Crippen molar-refractivity contribution in [2.24, 2.45) is 0 Å². The van der Waals surface area contributed by atoms with Crippen LogP contribution in [0.4, 0.5) is 10.8 Å². The van der Waals surface area contributed by atoms with Gasteiger partial charge in [-0.2, -0.15) is 4.98 Å². The highest BCUT2D eigenvalue weighted by atomic mass is 35.5. The van der Waals surface area contributed by atoms with Gasteiger partial charge in [-0.15, -0.1) is 0 Å². The zero-order valence-corrected chi connectivity index (χ0v) is 12.4. The molecule has 2 aromatic rings. The maximum atomic E-state index is 11.2. The molecule has 7 heteroatoms. The van der Waals surface area contributed by atoms with Crippen molar-refractivity contribution < 1.29 is 14.3 Å². The average molecular weight is 310 g/mol. The maximum Gasteiger partial charge on any atom is 0.407 e. The van der Waals surface area contributed by atoms with Gasteiger partial charge in [0.2, 0.25) is 0 Å². The fourth-order valence-electron chi connectivity index (χ4n) is 2.56. The molecule has 6 nitrogen and oxygen atoms in total.